The minimum absolute atomic E-state index is 0.167. The lowest BCUT2D eigenvalue weighted by atomic mass is 10.1. The summed E-state index contributed by atoms with van der Waals surface area (Å²) in [5, 5.41) is 0. The molecule has 112 valence electrons. The molecule has 0 radical (unpaired) electrons. The van der Waals surface area contributed by atoms with Gasteiger partial charge in [0.15, 0.2) is 0 Å². The monoisotopic (exact) mass is 319 g/mol. The molecule has 0 amide bonds. The van der Waals surface area contributed by atoms with Crippen molar-refractivity contribution in [3.05, 3.63) is 29.1 Å². The molecule has 0 spiro atoms. The summed E-state index contributed by atoms with van der Waals surface area (Å²) in [5.41, 5.74) is 0.891. The van der Waals surface area contributed by atoms with Crippen LogP contribution in [0.5, 0.6) is 0 Å². The zero-order chi connectivity index (χ0) is 14.9. The maximum Gasteiger partial charge on any atom is 0.243 e. The van der Waals surface area contributed by atoms with Crippen LogP contribution in [-0.2, 0) is 10.0 Å². The van der Waals surface area contributed by atoms with Crippen molar-refractivity contribution in [2.24, 2.45) is 0 Å². The van der Waals surface area contributed by atoms with Gasteiger partial charge in [0.25, 0.3) is 0 Å². The van der Waals surface area contributed by atoms with E-state index in [-0.39, 0.29) is 10.9 Å². The molecule has 1 saturated heterocycles. The van der Waals surface area contributed by atoms with Crippen LogP contribution in [0.2, 0.25) is 0 Å². The molecule has 1 aromatic carbocycles. The zero-order valence-electron chi connectivity index (χ0n) is 11.7. The number of rotatable bonds is 3. The fraction of sp³-hybridized carbons (Fsp3) is 0.571. The maximum atomic E-state index is 13.4. The van der Waals surface area contributed by atoms with E-state index in [1.165, 1.54) is 16.4 Å². The molecular formula is C14H19ClFNO2S. The van der Waals surface area contributed by atoms with Crippen LogP contribution in [0.15, 0.2) is 17.0 Å². The van der Waals surface area contributed by atoms with Crippen LogP contribution < -0.4 is 0 Å². The molecule has 1 aromatic rings. The van der Waals surface area contributed by atoms with Crippen LogP contribution >= 0.6 is 11.6 Å². The van der Waals surface area contributed by atoms with Crippen LogP contribution in [0.1, 0.15) is 30.4 Å². The first-order valence-electron chi connectivity index (χ1n) is 6.72. The molecule has 0 saturated carbocycles. The Morgan fingerprint density at radius 2 is 1.90 bits per heavy atom. The summed E-state index contributed by atoms with van der Waals surface area (Å²) < 4.78 is 40.5. The SMILES string of the molecule is Cc1cc(F)cc(C)c1S(=O)(=O)N1CCCCC1CCl. The summed E-state index contributed by atoms with van der Waals surface area (Å²) in [4.78, 5) is 0.218. The fourth-order valence-electron chi connectivity index (χ4n) is 2.87. The van der Waals surface area contributed by atoms with Gasteiger partial charge in [0.05, 0.1) is 4.90 Å². The smallest absolute Gasteiger partial charge is 0.207 e. The van der Waals surface area contributed by atoms with Crippen LogP contribution in [-0.4, -0.2) is 31.2 Å². The van der Waals surface area contributed by atoms with E-state index in [1.54, 1.807) is 13.8 Å². The zero-order valence-corrected chi connectivity index (χ0v) is 13.3. The summed E-state index contributed by atoms with van der Waals surface area (Å²) >= 11 is 5.91. The Balaban J connectivity index is 2.49. The number of piperidine rings is 1. The second kappa shape index (κ2) is 6.00. The first-order valence-corrected chi connectivity index (χ1v) is 8.70. The van der Waals surface area contributed by atoms with Gasteiger partial charge in [0.1, 0.15) is 5.82 Å². The van der Waals surface area contributed by atoms with Crippen LogP contribution in [0.25, 0.3) is 0 Å². The number of sulfonamides is 1. The normalized spacial score (nSPS) is 21.1. The van der Waals surface area contributed by atoms with Gasteiger partial charge in [-0.15, -0.1) is 11.6 Å². The highest BCUT2D eigenvalue weighted by Crippen LogP contribution is 2.30. The third kappa shape index (κ3) is 2.85. The Labute approximate surface area is 124 Å². The number of hydrogen-bond acceptors (Lipinski definition) is 2. The van der Waals surface area contributed by atoms with Crippen molar-refractivity contribution in [1.82, 2.24) is 4.31 Å². The number of nitrogens with zero attached hydrogens (tertiary/aromatic N) is 1. The Bertz CT molecular complexity index is 580. The van der Waals surface area contributed by atoms with E-state index < -0.39 is 15.8 Å². The first-order chi connectivity index (χ1) is 9.37. The molecule has 0 N–H and O–H groups in total. The van der Waals surface area contributed by atoms with Gasteiger partial charge >= 0.3 is 0 Å². The third-order valence-corrected chi connectivity index (χ3v) is 6.36. The third-order valence-electron chi connectivity index (χ3n) is 3.74. The second-order valence-corrected chi connectivity index (χ2v) is 7.42. The molecule has 2 rings (SSSR count). The molecule has 1 heterocycles. The highest BCUT2D eigenvalue weighted by Gasteiger charge is 2.34. The molecule has 1 fully saturated rings. The van der Waals surface area contributed by atoms with E-state index in [4.69, 9.17) is 11.6 Å². The average molecular weight is 320 g/mol. The molecular weight excluding hydrogens is 301 g/mol. The van der Waals surface area contributed by atoms with Gasteiger partial charge in [-0.2, -0.15) is 4.31 Å². The van der Waals surface area contributed by atoms with Crippen molar-refractivity contribution >= 4 is 21.6 Å². The lowest BCUT2D eigenvalue weighted by molar-refractivity contribution is 0.271. The molecule has 3 nitrogen and oxygen atoms in total. The van der Waals surface area contributed by atoms with Crippen molar-refractivity contribution in [2.75, 3.05) is 12.4 Å². The lowest BCUT2D eigenvalue weighted by Crippen LogP contribution is -2.45. The van der Waals surface area contributed by atoms with Gasteiger partial charge in [0, 0.05) is 18.5 Å². The van der Waals surface area contributed by atoms with Crippen molar-refractivity contribution < 1.29 is 12.8 Å². The molecule has 1 atom stereocenters. The van der Waals surface area contributed by atoms with Crippen molar-refractivity contribution in [1.29, 1.82) is 0 Å². The number of aryl methyl sites for hydroxylation is 2. The van der Waals surface area contributed by atoms with Crippen molar-refractivity contribution in [2.45, 2.75) is 44.0 Å². The standard InChI is InChI=1S/C14H19ClFNO2S/c1-10-7-12(16)8-11(2)14(10)20(18,19)17-6-4-3-5-13(17)9-15/h7-8,13H,3-6,9H2,1-2H3. The highest BCUT2D eigenvalue weighted by molar-refractivity contribution is 7.89. The van der Waals surface area contributed by atoms with Crippen molar-refractivity contribution in [3.8, 4) is 0 Å². The Hall–Kier alpha value is -0.650. The van der Waals surface area contributed by atoms with Crippen LogP contribution in [0, 0.1) is 19.7 Å². The lowest BCUT2D eigenvalue weighted by Gasteiger charge is -2.34. The number of benzene rings is 1. The van der Waals surface area contributed by atoms with Crippen LogP contribution in [0.3, 0.4) is 0 Å². The maximum absolute atomic E-state index is 13.4. The Morgan fingerprint density at radius 1 is 1.30 bits per heavy atom. The van der Waals surface area contributed by atoms with Gasteiger partial charge < -0.3 is 0 Å². The molecule has 1 aliphatic rings. The largest absolute Gasteiger partial charge is 0.243 e. The minimum atomic E-state index is -3.62. The second-order valence-electron chi connectivity index (χ2n) is 5.29. The first kappa shape index (κ1) is 15.7. The molecule has 1 unspecified atom stereocenters. The number of halogens is 2. The summed E-state index contributed by atoms with van der Waals surface area (Å²) in [5.74, 6) is -0.120. The topological polar surface area (TPSA) is 37.4 Å². The van der Waals surface area contributed by atoms with Gasteiger partial charge in [-0.1, -0.05) is 6.42 Å². The highest BCUT2D eigenvalue weighted by atomic mass is 35.5. The fourth-order valence-corrected chi connectivity index (χ4v) is 5.38. The van der Waals surface area contributed by atoms with E-state index in [0.717, 1.165) is 19.3 Å². The van der Waals surface area contributed by atoms with E-state index >= 15 is 0 Å². The Kier molecular flexibility index (Phi) is 4.72. The van der Waals surface area contributed by atoms with Gasteiger partial charge in [-0.3, -0.25) is 0 Å². The number of hydrogen-bond donors (Lipinski definition) is 0. The summed E-state index contributed by atoms with van der Waals surface area (Å²) in [6.07, 6.45) is 2.61. The minimum Gasteiger partial charge on any atom is -0.207 e. The van der Waals surface area contributed by atoms with Gasteiger partial charge in [-0.25, -0.2) is 12.8 Å². The van der Waals surface area contributed by atoms with Crippen molar-refractivity contribution in [3.63, 3.8) is 0 Å². The quantitative estimate of drug-likeness (QED) is 0.802. The molecule has 6 heteroatoms. The van der Waals surface area contributed by atoms with E-state index in [1.807, 2.05) is 0 Å². The summed E-state index contributed by atoms with van der Waals surface area (Å²) in [6.45, 7) is 3.74. The predicted octanol–water partition coefficient (Wildman–Crippen LogP) is 3.22. The molecule has 0 aliphatic carbocycles. The van der Waals surface area contributed by atoms with Gasteiger partial charge in [0.2, 0.25) is 10.0 Å². The molecule has 1 aliphatic heterocycles. The average Bonchev–Trinajstić information content (AvgIpc) is 2.37. The molecule has 0 aromatic heterocycles. The van der Waals surface area contributed by atoms with E-state index in [0.29, 0.717) is 23.6 Å². The van der Waals surface area contributed by atoms with Crippen LogP contribution in [0.4, 0.5) is 4.39 Å². The summed E-state index contributed by atoms with van der Waals surface area (Å²) in [6, 6.07) is 2.36. The predicted molar refractivity (Wildman–Crippen MR) is 78.1 cm³/mol. The summed E-state index contributed by atoms with van der Waals surface area (Å²) in [7, 11) is -3.62. The van der Waals surface area contributed by atoms with Gasteiger partial charge in [-0.05, 0) is 49.9 Å². The molecule has 20 heavy (non-hydrogen) atoms. The number of alkyl halides is 1. The Morgan fingerprint density at radius 3 is 2.45 bits per heavy atom. The van der Waals surface area contributed by atoms with E-state index in [2.05, 4.69) is 0 Å². The van der Waals surface area contributed by atoms with E-state index in [9.17, 15) is 12.8 Å². The molecule has 0 bridgehead atoms.